The van der Waals surface area contributed by atoms with E-state index in [0.29, 0.717) is 17.2 Å². The van der Waals surface area contributed by atoms with Gasteiger partial charge in [-0.3, -0.25) is 4.79 Å². The highest BCUT2D eigenvalue weighted by Gasteiger charge is 2.42. The maximum atomic E-state index is 12.0. The van der Waals surface area contributed by atoms with Gasteiger partial charge in [-0.25, -0.2) is 0 Å². The third-order valence-corrected chi connectivity index (χ3v) is 4.17. The van der Waals surface area contributed by atoms with E-state index >= 15 is 0 Å². The third-order valence-electron chi connectivity index (χ3n) is 4.17. The molecule has 25 heavy (non-hydrogen) atoms. The molecule has 0 unspecified atom stereocenters. The minimum Gasteiger partial charge on any atom is -0.448 e. The molecule has 1 N–H and O–H groups in total. The van der Waals surface area contributed by atoms with Crippen LogP contribution in [0.5, 0.6) is 11.5 Å². The maximum absolute atomic E-state index is 12.0. The Kier molecular flexibility index (Phi) is 5.08. The molecule has 8 heteroatoms. The Balaban J connectivity index is 1.50. The number of hydrogen-bond acceptors (Lipinski definition) is 4. The highest BCUT2D eigenvalue weighted by molar-refractivity contribution is 5.91. The monoisotopic (exact) mass is 359 g/mol. The van der Waals surface area contributed by atoms with Crippen LogP contribution in [0.1, 0.15) is 38.5 Å². The number of ether oxygens (including phenoxy) is 3. The van der Waals surface area contributed by atoms with Crippen molar-refractivity contribution in [2.24, 2.45) is 0 Å². The Labute approximate surface area is 143 Å². The van der Waals surface area contributed by atoms with Crippen molar-refractivity contribution in [3.63, 3.8) is 0 Å². The number of benzene rings is 1. The third kappa shape index (κ3) is 4.78. The molecule has 138 valence electrons. The van der Waals surface area contributed by atoms with Crippen LogP contribution in [-0.4, -0.2) is 31.1 Å². The van der Waals surface area contributed by atoms with Gasteiger partial charge in [0.25, 0.3) is 5.79 Å². The van der Waals surface area contributed by atoms with E-state index in [1.165, 1.54) is 6.42 Å². The number of rotatable bonds is 5. The van der Waals surface area contributed by atoms with Gasteiger partial charge >= 0.3 is 6.18 Å². The highest BCUT2D eigenvalue weighted by atomic mass is 19.4. The second-order valence-corrected chi connectivity index (χ2v) is 6.30. The largest absolute Gasteiger partial charge is 0.448 e. The normalized spacial score (nSPS) is 18.4. The summed E-state index contributed by atoms with van der Waals surface area (Å²) in [5, 5.41) is 2.62. The summed E-state index contributed by atoms with van der Waals surface area (Å²) < 4.78 is 52.2. The minimum atomic E-state index is -4.39. The quantitative estimate of drug-likeness (QED) is 0.807. The zero-order valence-electron chi connectivity index (χ0n) is 13.7. The summed E-state index contributed by atoms with van der Waals surface area (Å²) in [4.78, 5) is 11.8. The number of carbonyl (C=O) groups is 1. The minimum absolute atomic E-state index is 0.158. The standard InChI is InChI=1S/C17H20F3NO4/c18-17(19,20)11-23-9-6-15(22)21-12-4-5-13-14(10-12)25-16(24-13)7-2-1-3-8-16/h4-5,10H,1-3,6-9,11H2,(H,21,22). The lowest BCUT2D eigenvalue weighted by atomic mass is 9.94. The van der Waals surface area contributed by atoms with Crippen LogP contribution in [-0.2, 0) is 9.53 Å². The number of hydrogen-bond donors (Lipinski definition) is 1. The Hall–Kier alpha value is -1.96. The molecule has 2 aliphatic rings. The molecular weight excluding hydrogens is 339 g/mol. The van der Waals surface area contributed by atoms with Gasteiger partial charge in [-0.05, 0) is 25.0 Å². The van der Waals surface area contributed by atoms with Crippen molar-refractivity contribution in [1.82, 2.24) is 0 Å². The van der Waals surface area contributed by atoms with Gasteiger partial charge in [0, 0.05) is 24.6 Å². The number of amides is 1. The SMILES string of the molecule is O=C(CCOCC(F)(F)F)Nc1ccc2c(c1)OC1(CCCCC1)O2. The molecule has 1 fully saturated rings. The van der Waals surface area contributed by atoms with E-state index in [4.69, 9.17) is 9.47 Å². The first kappa shape index (κ1) is 17.8. The van der Waals surface area contributed by atoms with Gasteiger partial charge < -0.3 is 19.5 Å². The van der Waals surface area contributed by atoms with Crippen LogP contribution in [0.2, 0.25) is 0 Å². The van der Waals surface area contributed by atoms with Crippen LogP contribution in [0.25, 0.3) is 0 Å². The number of nitrogens with one attached hydrogen (secondary N) is 1. The lowest BCUT2D eigenvalue weighted by Gasteiger charge is -2.31. The number of halogens is 3. The maximum Gasteiger partial charge on any atom is 0.411 e. The second kappa shape index (κ2) is 7.11. The molecule has 0 radical (unpaired) electrons. The van der Waals surface area contributed by atoms with E-state index in [1.807, 2.05) is 0 Å². The molecule has 1 saturated carbocycles. The lowest BCUT2D eigenvalue weighted by Crippen LogP contribution is -2.40. The number of anilines is 1. The predicted molar refractivity (Wildman–Crippen MR) is 83.6 cm³/mol. The topological polar surface area (TPSA) is 56.8 Å². The first-order chi connectivity index (χ1) is 11.9. The van der Waals surface area contributed by atoms with E-state index in [9.17, 15) is 18.0 Å². The zero-order chi connectivity index (χ0) is 17.9. The summed E-state index contributed by atoms with van der Waals surface area (Å²) in [7, 11) is 0. The molecule has 0 aromatic heterocycles. The highest BCUT2D eigenvalue weighted by Crippen LogP contribution is 2.46. The Morgan fingerprint density at radius 1 is 1.16 bits per heavy atom. The summed E-state index contributed by atoms with van der Waals surface area (Å²) in [6, 6.07) is 5.08. The van der Waals surface area contributed by atoms with Crippen molar-refractivity contribution >= 4 is 11.6 Å². The molecule has 0 saturated heterocycles. The van der Waals surface area contributed by atoms with Gasteiger partial charge in [0.2, 0.25) is 5.91 Å². The molecule has 1 aromatic carbocycles. The summed E-state index contributed by atoms with van der Waals surface area (Å²) in [6.07, 6.45) is 0.394. The van der Waals surface area contributed by atoms with Crippen LogP contribution in [0.3, 0.4) is 0 Å². The Morgan fingerprint density at radius 2 is 1.88 bits per heavy atom. The second-order valence-electron chi connectivity index (χ2n) is 6.30. The van der Waals surface area contributed by atoms with Crippen molar-refractivity contribution in [1.29, 1.82) is 0 Å². The average Bonchev–Trinajstić information content (AvgIpc) is 2.88. The van der Waals surface area contributed by atoms with E-state index in [2.05, 4.69) is 10.1 Å². The Morgan fingerprint density at radius 3 is 2.60 bits per heavy atom. The smallest absolute Gasteiger partial charge is 0.411 e. The van der Waals surface area contributed by atoms with Crippen molar-refractivity contribution in [2.45, 2.75) is 50.5 Å². The fraction of sp³-hybridized carbons (Fsp3) is 0.588. The van der Waals surface area contributed by atoms with Crippen molar-refractivity contribution in [2.75, 3.05) is 18.5 Å². The molecule has 1 spiro atoms. The molecule has 0 atom stereocenters. The zero-order valence-corrected chi connectivity index (χ0v) is 13.7. The van der Waals surface area contributed by atoms with Crippen molar-refractivity contribution < 1.29 is 32.2 Å². The number of fused-ring (bicyclic) bond motifs is 1. The van der Waals surface area contributed by atoms with Gasteiger partial charge in [0.15, 0.2) is 11.5 Å². The molecule has 1 aliphatic carbocycles. The van der Waals surface area contributed by atoms with E-state index in [1.54, 1.807) is 18.2 Å². The first-order valence-corrected chi connectivity index (χ1v) is 8.32. The summed E-state index contributed by atoms with van der Waals surface area (Å²) in [5.41, 5.74) is 0.510. The molecule has 5 nitrogen and oxygen atoms in total. The molecule has 1 aliphatic heterocycles. The summed E-state index contributed by atoms with van der Waals surface area (Å²) >= 11 is 0. The fourth-order valence-corrected chi connectivity index (χ4v) is 3.04. The van der Waals surface area contributed by atoms with E-state index in [-0.39, 0.29) is 13.0 Å². The molecule has 3 rings (SSSR count). The van der Waals surface area contributed by atoms with Crippen LogP contribution >= 0.6 is 0 Å². The predicted octanol–water partition coefficient (Wildman–Crippen LogP) is 4.03. The van der Waals surface area contributed by atoms with Crippen LogP contribution < -0.4 is 14.8 Å². The average molecular weight is 359 g/mol. The lowest BCUT2D eigenvalue weighted by molar-refractivity contribution is -0.174. The van der Waals surface area contributed by atoms with E-state index in [0.717, 1.165) is 25.7 Å². The Bertz CT molecular complexity index is 627. The van der Waals surface area contributed by atoms with Crippen LogP contribution in [0.4, 0.5) is 18.9 Å². The van der Waals surface area contributed by atoms with Gasteiger partial charge in [0.05, 0.1) is 13.0 Å². The van der Waals surface area contributed by atoms with Gasteiger partial charge in [-0.15, -0.1) is 0 Å². The fourth-order valence-electron chi connectivity index (χ4n) is 3.04. The molecule has 1 heterocycles. The molecule has 0 bridgehead atoms. The van der Waals surface area contributed by atoms with Crippen molar-refractivity contribution in [3.8, 4) is 11.5 Å². The van der Waals surface area contributed by atoms with Gasteiger partial charge in [-0.1, -0.05) is 6.42 Å². The van der Waals surface area contributed by atoms with E-state index < -0.39 is 24.5 Å². The molecular formula is C17H20F3NO4. The first-order valence-electron chi connectivity index (χ1n) is 8.32. The summed E-state index contributed by atoms with van der Waals surface area (Å²) in [5.74, 6) is 0.212. The number of alkyl halides is 3. The molecule has 1 amide bonds. The van der Waals surface area contributed by atoms with Crippen LogP contribution in [0.15, 0.2) is 18.2 Å². The van der Waals surface area contributed by atoms with Crippen LogP contribution in [0, 0.1) is 0 Å². The van der Waals surface area contributed by atoms with Gasteiger partial charge in [0.1, 0.15) is 6.61 Å². The number of carbonyl (C=O) groups excluding carboxylic acids is 1. The van der Waals surface area contributed by atoms with Crippen molar-refractivity contribution in [3.05, 3.63) is 18.2 Å². The summed E-state index contributed by atoms with van der Waals surface area (Å²) in [6.45, 7) is -1.65. The molecule has 1 aromatic rings. The van der Waals surface area contributed by atoms with Gasteiger partial charge in [-0.2, -0.15) is 13.2 Å².